The fraction of sp³-hybridized carbons (Fsp3) is 0.440. The number of rotatable bonds is 12. The summed E-state index contributed by atoms with van der Waals surface area (Å²) in [5, 5.41) is 15.1. The summed E-state index contributed by atoms with van der Waals surface area (Å²) in [7, 11) is 1.57. The van der Waals surface area contributed by atoms with E-state index >= 15 is 0 Å². The van der Waals surface area contributed by atoms with Crippen LogP contribution in [0.5, 0.6) is 5.75 Å². The van der Waals surface area contributed by atoms with Gasteiger partial charge in [-0.15, -0.1) is 10.2 Å². The molecule has 13 nitrogen and oxygen atoms in total. The monoisotopic (exact) mass is 526 g/mol. The number of nitrogens with one attached hydrogen (secondary N) is 1. The van der Waals surface area contributed by atoms with E-state index in [0.717, 1.165) is 22.5 Å². The Hall–Kier alpha value is -4.26. The number of nitrogens with zero attached hydrogens (tertiary/aromatic N) is 5. The number of amides is 2. The molecule has 0 unspecified atom stereocenters. The summed E-state index contributed by atoms with van der Waals surface area (Å²) in [5.74, 6) is -0.626. The van der Waals surface area contributed by atoms with Crippen molar-refractivity contribution in [1.82, 2.24) is 30.4 Å². The zero-order valence-corrected chi connectivity index (χ0v) is 21.2. The van der Waals surface area contributed by atoms with Crippen LogP contribution in [0.2, 0.25) is 0 Å². The second-order valence-corrected chi connectivity index (χ2v) is 8.50. The smallest absolute Gasteiger partial charge is 0.325 e. The molecule has 2 amide bonds. The number of tetrazole rings is 1. The van der Waals surface area contributed by atoms with Crippen LogP contribution < -0.4 is 10.1 Å². The molecule has 0 spiro atoms. The zero-order chi connectivity index (χ0) is 26.9. The first-order valence-electron chi connectivity index (χ1n) is 12.3. The van der Waals surface area contributed by atoms with Gasteiger partial charge in [-0.3, -0.25) is 14.4 Å². The van der Waals surface area contributed by atoms with Crippen molar-refractivity contribution in [3.63, 3.8) is 0 Å². The van der Waals surface area contributed by atoms with E-state index in [0.29, 0.717) is 23.7 Å². The Balaban J connectivity index is 1.54. The van der Waals surface area contributed by atoms with E-state index in [1.807, 2.05) is 0 Å². The Labute approximate surface area is 219 Å². The van der Waals surface area contributed by atoms with Gasteiger partial charge >= 0.3 is 5.97 Å². The number of esters is 1. The molecule has 3 aromatic rings. The van der Waals surface area contributed by atoms with Crippen LogP contribution in [0, 0.1) is 0 Å². The summed E-state index contributed by atoms with van der Waals surface area (Å²) >= 11 is 0. The van der Waals surface area contributed by atoms with Gasteiger partial charge in [0, 0.05) is 18.7 Å². The Morgan fingerprint density at radius 2 is 2.05 bits per heavy atom. The minimum atomic E-state index is -1.23. The molecule has 1 N–H and O–H groups in total. The SMILES string of the molecule is CCOC(=O)CN(C(=O)Cn1nnc(-c2ccc(OC)cc2)n1)[C@H](C(=O)NC[C@@H]1CCCO1)c1ccco1. The van der Waals surface area contributed by atoms with Crippen molar-refractivity contribution in [2.45, 2.75) is 38.5 Å². The van der Waals surface area contributed by atoms with Gasteiger partial charge in [-0.2, -0.15) is 4.80 Å². The second kappa shape index (κ2) is 12.8. The maximum Gasteiger partial charge on any atom is 0.325 e. The second-order valence-electron chi connectivity index (χ2n) is 8.50. The Bertz CT molecular complexity index is 1210. The maximum absolute atomic E-state index is 13.5. The summed E-state index contributed by atoms with van der Waals surface area (Å²) in [4.78, 5) is 41.5. The molecule has 13 heteroatoms. The highest BCUT2D eigenvalue weighted by atomic mass is 16.5. The first kappa shape index (κ1) is 26.8. The predicted octanol–water partition coefficient (Wildman–Crippen LogP) is 1.37. The number of furan rings is 1. The highest BCUT2D eigenvalue weighted by Crippen LogP contribution is 2.23. The van der Waals surface area contributed by atoms with Gasteiger partial charge in [-0.1, -0.05) is 0 Å². The molecule has 1 fully saturated rings. The van der Waals surface area contributed by atoms with Crippen molar-refractivity contribution in [2.24, 2.45) is 0 Å². The molecule has 0 bridgehead atoms. The molecule has 4 rings (SSSR count). The summed E-state index contributed by atoms with van der Waals surface area (Å²) in [6, 6.07) is 8.98. The lowest BCUT2D eigenvalue weighted by Crippen LogP contribution is -2.48. The summed E-state index contributed by atoms with van der Waals surface area (Å²) < 4.78 is 21.3. The third-order valence-electron chi connectivity index (χ3n) is 5.90. The molecule has 0 saturated carbocycles. The summed E-state index contributed by atoms with van der Waals surface area (Å²) in [5.41, 5.74) is 0.676. The summed E-state index contributed by atoms with van der Waals surface area (Å²) in [6.45, 7) is 1.83. The van der Waals surface area contributed by atoms with Crippen molar-refractivity contribution in [3.8, 4) is 17.1 Å². The number of hydrogen-bond donors (Lipinski definition) is 1. The maximum atomic E-state index is 13.5. The number of benzene rings is 1. The molecule has 1 aliphatic heterocycles. The van der Waals surface area contributed by atoms with Crippen molar-refractivity contribution < 1.29 is 33.0 Å². The van der Waals surface area contributed by atoms with Crippen LogP contribution in [-0.4, -0.2) is 82.4 Å². The van der Waals surface area contributed by atoms with Gasteiger partial charge in [0.2, 0.25) is 11.7 Å². The van der Waals surface area contributed by atoms with Crippen molar-refractivity contribution in [3.05, 3.63) is 48.4 Å². The van der Waals surface area contributed by atoms with Gasteiger partial charge in [0.1, 0.15) is 24.6 Å². The minimum Gasteiger partial charge on any atom is -0.497 e. The van der Waals surface area contributed by atoms with Gasteiger partial charge < -0.3 is 28.8 Å². The topological polar surface area (TPSA) is 151 Å². The van der Waals surface area contributed by atoms with Crippen molar-refractivity contribution in [1.29, 1.82) is 0 Å². The highest BCUT2D eigenvalue weighted by molar-refractivity contribution is 5.90. The number of carbonyl (C=O) groups excluding carboxylic acids is 3. The van der Waals surface area contributed by atoms with Crippen molar-refractivity contribution >= 4 is 17.8 Å². The molecule has 1 saturated heterocycles. The van der Waals surface area contributed by atoms with E-state index < -0.39 is 30.4 Å². The van der Waals surface area contributed by atoms with Crippen molar-refractivity contribution in [2.75, 3.05) is 33.4 Å². The van der Waals surface area contributed by atoms with E-state index in [2.05, 4.69) is 20.7 Å². The van der Waals surface area contributed by atoms with E-state index in [1.54, 1.807) is 50.4 Å². The number of hydrogen-bond acceptors (Lipinski definition) is 10. The van der Waals surface area contributed by atoms with Crippen LogP contribution >= 0.6 is 0 Å². The number of ether oxygens (including phenoxy) is 3. The molecule has 1 aliphatic rings. The Morgan fingerprint density at radius 1 is 1.24 bits per heavy atom. The summed E-state index contributed by atoms with van der Waals surface area (Å²) in [6.07, 6.45) is 3.02. The molecule has 0 radical (unpaired) electrons. The quantitative estimate of drug-likeness (QED) is 0.343. The zero-order valence-electron chi connectivity index (χ0n) is 21.2. The largest absolute Gasteiger partial charge is 0.497 e. The standard InChI is InChI=1S/C25H30N6O7/c1-3-36-22(33)16-30(23(20-7-5-13-38-20)25(34)26-14-19-6-4-12-37-19)21(32)15-31-28-24(27-29-31)17-8-10-18(35-2)11-9-17/h5,7-11,13,19,23H,3-4,6,12,14-16H2,1-2H3,(H,26,34)/t19-,23-/m0/s1. The van der Waals surface area contributed by atoms with E-state index in [1.165, 1.54) is 6.26 Å². The number of methoxy groups -OCH3 is 1. The van der Waals surface area contributed by atoms with Gasteiger partial charge in [0.25, 0.3) is 5.91 Å². The number of carbonyl (C=O) groups is 3. The predicted molar refractivity (Wildman–Crippen MR) is 132 cm³/mol. The lowest BCUT2D eigenvalue weighted by atomic mass is 10.1. The van der Waals surface area contributed by atoms with Crippen LogP contribution in [-0.2, 0) is 30.4 Å². The molecule has 3 heterocycles. The molecule has 202 valence electrons. The van der Waals surface area contributed by atoms with E-state index in [9.17, 15) is 14.4 Å². The molecular weight excluding hydrogens is 496 g/mol. The lowest BCUT2D eigenvalue weighted by Gasteiger charge is -2.29. The highest BCUT2D eigenvalue weighted by Gasteiger charge is 2.36. The fourth-order valence-electron chi connectivity index (χ4n) is 4.03. The first-order chi connectivity index (χ1) is 18.5. The third-order valence-corrected chi connectivity index (χ3v) is 5.90. The fourth-order valence-corrected chi connectivity index (χ4v) is 4.03. The molecule has 0 aliphatic carbocycles. The van der Waals surface area contributed by atoms with E-state index in [4.69, 9.17) is 18.6 Å². The molecule has 2 atom stereocenters. The average Bonchev–Trinajstić information content (AvgIpc) is 3.71. The van der Waals surface area contributed by atoms with Gasteiger partial charge in [0.05, 0.1) is 26.1 Å². The normalized spacial score (nSPS) is 15.6. The number of aromatic nitrogens is 4. The third kappa shape index (κ3) is 6.73. The molecule has 1 aromatic carbocycles. The molecule has 38 heavy (non-hydrogen) atoms. The first-order valence-corrected chi connectivity index (χ1v) is 12.3. The average molecular weight is 527 g/mol. The van der Waals surface area contributed by atoms with Gasteiger partial charge in [-0.05, 0) is 61.4 Å². The van der Waals surface area contributed by atoms with Gasteiger partial charge in [-0.25, -0.2) is 0 Å². The Kier molecular flexibility index (Phi) is 9.03. The molecular formula is C25H30N6O7. The van der Waals surface area contributed by atoms with Crippen LogP contribution in [0.3, 0.4) is 0 Å². The van der Waals surface area contributed by atoms with Crippen LogP contribution in [0.15, 0.2) is 47.1 Å². The van der Waals surface area contributed by atoms with Crippen LogP contribution in [0.1, 0.15) is 31.6 Å². The minimum absolute atomic E-state index is 0.110. The Morgan fingerprint density at radius 3 is 2.71 bits per heavy atom. The van der Waals surface area contributed by atoms with Crippen LogP contribution in [0.25, 0.3) is 11.4 Å². The lowest BCUT2D eigenvalue weighted by molar-refractivity contribution is -0.153. The van der Waals surface area contributed by atoms with Gasteiger partial charge in [0.15, 0.2) is 6.04 Å². The van der Waals surface area contributed by atoms with Crippen LogP contribution in [0.4, 0.5) is 0 Å². The van der Waals surface area contributed by atoms with E-state index in [-0.39, 0.29) is 31.6 Å². The molecule has 2 aromatic heterocycles.